The maximum Gasteiger partial charge on any atom is 0.0253 e. The van der Waals surface area contributed by atoms with Gasteiger partial charge in [0.1, 0.15) is 0 Å². The molecule has 0 aliphatic carbocycles. The molecule has 0 aromatic heterocycles. The lowest BCUT2D eigenvalue weighted by Crippen LogP contribution is -2.61. The lowest BCUT2D eigenvalue weighted by atomic mass is 9.94. The Morgan fingerprint density at radius 3 is 2.75 bits per heavy atom. The monoisotopic (exact) mass is 244 g/mol. The molecule has 3 heteroatoms. The van der Waals surface area contributed by atoms with Crippen LogP contribution in [0.25, 0.3) is 0 Å². The molecule has 2 nitrogen and oxygen atoms in total. The molecule has 1 aliphatic heterocycles. The van der Waals surface area contributed by atoms with Crippen LogP contribution in [0.3, 0.4) is 0 Å². The van der Waals surface area contributed by atoms with E-state index >= 15 is 0 Å². The van der Waals surface area contributed by atoms with Gasteiger partial charge in [-0.1, -0.05) is 31.5 Å². The Balaban J connectivity index is 2.60. The first-order valence-corrected chi connectivity index (χ1v) is 6.62. The summed E-state index contributed by atoms with van der Waals surface area (Å²) < 4.78 is 0. The summed E-state index contributed by atoms with van der Waals surface area (Å²) in [6.07, 6.45) is 3.29. The van der Waals surface area contributed by atoms with Gasteiger partial charge in [0.05, 0.1) is 0 Å². The van der Waals surface area contributed by atoms with E-state index in [0.717, 1.165) is 25.6 Å². The van der Waals surface area contributed by atoms with Crippen molar-refractivity contribution in [3.05, 3.63) is 11.6 Å². The molecule has 1 aliphatic rings. The fourth-order valence-electron chi connectivity index (χ4n) is 2.38. The summed E-state index contributed by atoms with van der Waals surface area (Å²) in [6, 6.07) is 0.640. The summed E-state index contributed by atoms with van der Waals surface area (Å²) in [5.41, 5.74) is 1.84. The highest BCUT2D eigenvalue weighted by Gasteiger charge is 2.31. The van der Waals surface area contributed by atoms with Gasteiger partial charge in [-0.3, -0.25) is 4.90 Å². The van der Waals surface area contributed by atoms with E-state index < -0.39 is 0 Å². The number of nitrogens with one attached hydrogen (secondary N) is 1. The second-order valence-electron chi connectivity index (χ2n) is 5.84. The lowest BCUT2D eigenvalue weighted by molar-refractivity contribution is 0.0943. The standard InChI is InChI=1S/C13H25ClN2/c1-11(2)8-12-9-15-13(3,4)10-16(12)7-5-6-14/h5-6,11-12,15H,7-10H2,1-4H3/b6-5+. The molecular formula is C13H25ClN2. The Hall–Kier alpha value is -0.0500. The van der Waals surface area contributed by atoms with Crippen LogP contribution in [0, 0.1) is 5.92 Å². The number of halogens is 1. The molecule has 0 aromatic rings. The number of hydrogen-bond donors (Lipinski definition) is 1. The Labute approximate surface area is 105 Å². The van der Waals surface area contributed by atoms with Crippen LogP contribution >= 0.6 is 11.6 Å². The van der Waals surface area contributed by atoms with E-state index in [9.17, 15) is 0 Å². The molecule has 1 fully saturated rings. The van der Waals surface area contributed by atoms with Crippen LogP contribution in [0.1, 0.15) is 34.1 Å². The highest BCUT2D eigenvalue weighted by molar-refractivity contribution is 6.25. The number of piperazine rings is 1. The van der Waals surface area contributed by atoms with E-state index in [1.807, 2.05) is 6.08 Å². The van der Waals surface area contributed by atoms with Gasteiger partial charge < -0.3 is 5.32 Å². The van der Waals surface area contributed by atoms with Crippen LogP contribution in [0.4, 0.5) is 0 Å². The van der Waals surface area contributed by atoms with Crippen LogP contribution in [-0.2, 0) is 0 Å². The van der Waals surface area contributed by atoms with Crippen LogP contribution in [0.15, 0.2) is 11.6 Å². The average Bonchev–Trinajstić information content (AvgIpc) is 2.17. The molecule has 94 valence electrons. The van der Waals surface area contributed by atoms with Crippen LogP contribution in [0.2, 0.25) is 0 Å². The molecule has 1 rings (SSSR count). The minimum atomic E-state index is 0.216. The van der Waals surface area contributed by atoms with E-state index in [-0.39, 0.29) is 5.54 Å². The predicted octanol–water partition coefficient (Wildman–Crippen LogP) is 2.84. The number of rotatable bonds is 4. The summed E-state index contributed by atoms with van der Waals surface area (Å²) in [6.45, 7) is 12.2. The second kappa shape index (κ2) is 6.04. The van der Waals surface area contributed by atoms with Gasteiger partial charge in [-0.15, -0.1) is 0 Å². The molecule has 16 heavy (non-hydrogen) atoms. The van der Waals surface area contributed by atoms with Crippen molar-refractivity contribution in [3.8, 4) is 0 Å². The van der Waals surface area contributed by atoms with Crippen molar-refractivity contribution in [1.29, 1.82) is 0 Å². The van der Waals surface area contributed by atoms with Crippen molar-refractivity contribution in [2.24, 2.45) is 5.92 Å². The molecule has 0 saturated carbocycles. The van der Waals surface area contributed by atoms with Gasteiger partial charge in [-0.05, 0) is 26.2 Å². The van der Waals surface area contributed by atoms with Gasteiger partial charge in [0.15, 0.2) is 0 Å². The summed E-state index contributed by atoms with van der Waals surface area (Å²) in [4.78, 5) is 2.54. The third kappa shape index (κ3) is 4.44. The van der Waals surface area contributed by atoms with Gasteiger partial charge in [0.25, 0.3) is 0 Å². The summed E-state index contributed by atoms with van der Waals surface area (Å²) in [5, 5.41) is 3.62. The molecule has 0 aromatic carbocycles. The molecule has 1 atom stereocenters. The third-order valence-corrected chi connectivity index (χ3v) is 3.28. The fourth-order valence-corrected chi connectivity index (χ4v) is 2.46. The van der Waals surface area contributed by atoms with Crippen molar-refractivity contribution >= 4 is 11.6 Å². The maximum atomic E-state index is 5.62. The fraction of sp³-hybridized carbons (Fsp3) is 0.846. The third-order valence-electron chi connectivity index (χ3n) is 3.10. The zero-order chi connectivity index (χ0) is 12.2. The SMILES string of the molecule is CC(C)CC1CNC(C)(C)CN1C/C=C/Cl. The number of hydrogen-bond acceptors (Lipinski definition) is 2. The van der Waals surface area contributed by atoms with Gasteiger partial charge in [-0.25, -0.2) is 0 Å². The predicted molar refractivity (Wildman–Crippen MR) is 71.9 cm³/mol. The average molecular weight is 245 g/mol. The Morgan fingerprint density at radius 1 is 1.50 bits per heavy atom. The molecule has 0 spiro atoms. The normalized spacial score (nSPS) is 26.8. The lowest BCUT2D eigenvalue weighted by Gasteiger charge is -2.45. The van der Waals surface area contributed by atoms with E-state index in [1.165, 1.54) is 6.42 Å². The van der Waals surface area contributed by atoms with E-state index in [2.05, 4.69) is 37.9 Å². The summed E-state index contributed by atoms with van der Waals surface area (Å²) in [7, 11) is 0. The van der Waals surface area contributed by atoms with Gasteiger partial charge in [-0.2, -0.15) is 0 Å². The van der Waals surface area contributed by atoms with Crippen molar-refractivity contribution in [2.45, 2.75) is 45.7 Å². The molecule has 0 bridgehead atoms. The second-order valence-corrected chi connectivity index (χ2v) is 6.09. The highest BCUT2D eigenvalue weighted by atomic mass is 35.5. The van der Waals surface area contributed by atoms with Gasteiger partial charge in [0.2, 0.25) is 0 Å². The van der Waals surface area contributed by atoms with E-state index in [4.69, 9.17) is 11.6 Å². The molecule has 0 amide bonds. The van der Waals surface area contributed by atoms with Gasteiger partial charge in [0, 0.05) is 36.8 Å². The van der Waals surface area contributed by atoms with Crippen LogP contribution in [-0.4, -0.2) is 36.1 Å². The number of nitrogens with zero attached hydrogens (tertiary/aromatic N) is 1. The first-order valence-electron chi connectivity index (χ1n) is 6.19. The molecule has 1 heterocycles. The minimum absolute atomic E-state index is 0.216. The maximum absolute atomic E-state index is 5.62. The zero-order valence-corrected chi connectivity index (χ0v) is 11.7. The van der Waals surface area contributed by atoms with Crippen LogP contribution in [0.5, 0.6) is 0 Å². The summed E-state index contributed by atoms with van der Waals surface area (Å²) >= 11 is 5.62. The molecule has 1 N–H and O–H groups in total. The first-order chi connectivity index (χ1) is 7.44. The Morgan fingerprint density at radius 2 is 2.19 bits per heavy atom. The van der Waals surface area contributed by atoms with Gasteiger partial charge >= 0.3 is 0 Å². The summed E-state index contributed by atoms with van der Waals surface area (Å²) in [5.74, 6) is 0.746. The minimum Gasteiger partial charge on any atom is -0.309 e. The quantitative estimate of drug-likeness (QED) is 0.818. The smallest absolute Gasteiger partial charge is 0.0253 e. The Kier molecular flexibility index (Phi) is 5.29. The molecular weight excluding hydrogens is 220 g/mol. The van der Waals surface area contributed by atoms with Crippen molar-refractivity contribution in [3.63, 3.8) is 0 Å². The van der Waals surface area contributed by atoms with E-state index in [1.54, 1.807) is 5.54 Å². The Bertz CT molecular complexity index is 236. The largest absolute Gasteiger partial charge is 0.309 e. The van der Waals surface area contributed by atoms with E-state index in [0.29, 0.717) is 6.04 Å². The molecule has 1 saturated heterocycles. The van der Waals surface area contributed by atoms with Crippen molar-refractivity contribution in [1.82, 2.24) is 10.2 Å². The highest BCUT2D eigenvalue weighted by Crippen LogP contribution is 2.19. The van der Waals surface area contributed by atoms with Crippen molar-refractivity contribution in [2.75, 3.05) is 19.6 Å². The zero-order valence-electron chi connectivity index (χ0n) is 11.0. The molecule has 0 radical (unpaired) electrons. The van der Waals surface area contributed by atoms with Crippen LogP contribution < -0.4 is 5.32 Å². The molecule has 1 unspecified atom stereocenters. The first kappa shape index (κ1) is 14.0. The van der Waals surface area contributed by atoms with Crippen molar-refractivity contribution < 1.29 is 0 Å². The topological polar surface area (TPSA) is 15.3 Å².